The molecule has 17 unspecified atom stereocenters. The van der Waals surface area contributed by atoms with Crippen LogP contribution in [0.3, 0.4) is 0 Å². The highest BCUT2D eigenvalue weighted by atomic mass is 16.5. The van der Waals surface area contributed by atoms with Crippen LogP contribution in [0.2, 0.25) is 0 Å². The van der Waals surface area contributed by atoms with E-state index in [4.69, 9.17) is 4.74 Å². The van der Waals surface area contributed by atoms with E-state index in [0.717, 1.165) is 107 Å². The van der Waals surface area contributed by atoms with Crippen LogP contribution in [0, 0.1) is 71.0 Å². The molecule has 0 aromatic carbocycles. The average Bonchev–Trinajstić information content (AvgIpc) is 3.94. The summed E-state index contributed by atoms with van der Waals surface area (Å²) in [5.41, 5.74) is 0. The number of nitrogens with zero attached hydrogens (tertiary/aromatic N) is 2. The minimum absolute atomic E-state index is 0.616. The summed E-state index contributed by atoms with van der Waals surface area (Å²) in [7, 11) is 0. The fourth-order valence-electron chi connectivity index (χ4n) is 20.2. The van der Waals surface area contributed by atoms with Gasteiger partial charge in [-0.05, 0) is 187 Å². The zero-order valence-electron chi connectivity index (χ0n) is 36.9. The first kappa shape index (κ1) is 38.5. The lowest BCUT2D eigenvalue weighted by Crippen LogP contribution is -2.52. The summed E-state index contributed by atoms with van der Waals surface area (Å²) >= 11 is 0. The standard InChI is InChI=1S/C54H88N2O/c1-3-13-35(14-4-1)39-29-40(36-15-5-2-6-16-36)31-42(30-39)56-50-21-11-8-18-44(50)47-33-38(24-27-52(47)56)37-23-26-51-46(32-37)43-17-7-10-20-49(43)55(51)41-25-28-54-48(34-41)45-19-9-12-22-53(45)57-54/h35-54H,1-34H2. The van der Waals surface area contributed by atoms with Gasteiger partial charge >= 0.3 is 0 Å². The van der Waals surface area contributed by atoms with Gasteiger partial charge in [-0.2, -0.15) is 0 Å². The minimum Gasteiger partial charge on any atom is -0.374 e. The van der Waals surface area contributed by atoms with Crippen molar-refractivity contribution in [2.24, 2.45) is 71.0 Å². The first-order valence-electron chi connectivity index (χ1n) is 27.5. The largest absolute Gasteiger partial charge is 0.374 e. The lowest BCUT2D eigenvalue weighted by Gasteiger charge is -2.50. The summed E-state index contributed by atoms with van der Waals surface area (Å²) in [6, 6.07) is 5.60. The van der Waals surface area contributed by atoms with Crippen LogP contribution in [0.15, 0.2) is 0 Å². The number of likely N-dealkylation sites (tertiary alicyclic amines) is 2. The first-order chi connectivity index (χ1) is 28.2. The molecule has 17 atom stereocenters. The van der Waals surface area contributed by atoms with Crippen molar-refractivity contribution in [2.75, 3.05) is 0 Å². The molecule has 0 aromatic heterocycles. The Labute approximate surface area is 351 Å². The molecular formula is C54H88N2O. The fourth-order valence-corrected chi connectivity index (χ4v) is 20.2. The van der Waals surface area contributed by atoms with E-state index in [1.165, 1.54) is 83.5 Å². The van der Waals surface area contributed by atoms with Crippen molar-refractivity contribution in [3.63, 3.8) is 0 Å². The second-order valence-electron chi connectivity index (χ2n) is 24.5. The maximum absolute atomic E-state index is 6.82. The van der Waals surface area contributed by atoms with Crippen molar-refractivity contribution in [1.82, 2.24) is 9.80 Å². The highest BCUT2D eigenvalue weighted by Crippen LogP contribution is 2.60. The van der Waals surface area contributed by atoms with Crippen LogP contribution in [0.1, 0.15) is 218 Å². The Kier molecular flexibility index (Phi) is 11.2. The van der Waals surface area contributed by atoms with E-state index in [-0.39, 0.29) is 0 Å². The molecule has 12 fully saturated rings. The number of fused-ring (bicyclic) bond motifs is 9. The summed E-state index contributed by atoms with van der Waals surface area (Å²) < 4.78 is 6.82. The molecule has 3 heterocycles. The van der Waals surface area contributed by atoms with Crippen LogP contribution in [-0.4, -0.2) is 58.3 Å². The smallest absolute Gasteiger partial charge is 0.0612 e. The van der Waals surface area contributed by atoms with Crippen molar-refractivity contribution in [2.45, 2.75) is 267 Å². The third-order valence-corrected chi connectivity index (χ3v) is 22.4. The Hall–Kier alpha value is -0.120. The van der Waals surface area contributed by atoms with Crippen LogP contribution < -0.4 is 0 Å². The molecule has 9 saturated carbocycles. The highest BCUT2D eigenvalue weighted by molar-refractivity contribution is 5.11. The SMILES string of the molecule is C1CCC(C2CC(C3CCCCC3)CC(N3C4CCCCC4C4CC(C5CCC6C(C5)C5CCCCC5N6C5CCC6OC7CCCCC7C6C5)CCC43)C2)CC1. The molecular weight excluding hydrogens is 693 g/mol. The number of ether oxygens (including phenoxy) is 1. The van der Waals surface area contributed by atoms with Crippen molar-refractivity contribution in [1.29, 1.82) is 0 Å². The third kappa shape index (κ3) is 7.03. The van der Waals surface area contributed by atoms with E-state index in [2.05, 4.69) is 9.80 Å². The van der Waals surface area contributed by atoms with Gasteiger partial charge in [0.2, 0.25) is 0 Å². The van der Waals surface area contributed by atoms with Gasteiger partial charge in [-0.15, -0.1) is 0 Å². The molecule has 0 N–H and O–H groups in total. The van der Waals surface area contributed by atoms with Gasteiger partial charge < -0.3 is 4.74 Å². The van der Waals surface area contributed by atoms with Gasteiger partial charge in [0.05, 0.1) is 12.2 Å². The molecule has 3 heteroatoms. The first-order valence-corrected chi connectivity index (χ1v) is 27.5. The summed E-state index contributed by atoms with van der Waals surface area (Å²) in [4.78, 5) is 6.77. The van der Waals surface area contributed by atoms with E-state index in [1.54, 1.807) is 135 Å². The minimum atomic E-state index is 0.616. The second kappa shape index (κ2) is 16.5. The Bertz CT molecular complexity index is 1330. The molecule has 0 spiro atoms. The van der Waals surface area contributed by atoms with Gasteiger partial charge in [0, 0.05) is 36.3 Å². The second-order valence-corrected chi connectivity index (χ2v) is 24.5. The van der Waals surface area contributed by atoms with Crippen LogP contribution in [-0.2, 0) is 4.74 Å². The molecule has 3 aliphatic heterocycles. The highest BCUT2D eigenvalue weighted by Gasteiger charge is 2.59. The molecule has 0 aromatic rings. The van der Waals surface area contributed by atoms with E-state index < -0.39 is 0 Å². The number of hydrogen-bond donors (Lipinski definition) is 0. The third-order valence-electron chi connectivity index (χ3n) is 22.4. The van der Waals surface area contributed by atoms with E-state index >= 15 is 0 Å². The Morgan fingerprint density at radius 2 is 0.719 bits per heavy atom. The quantitative estimate of drug-likeness (QED) is 0.276. The summed E-state index contributed by atoms with van der Waals surface area (Å²) in [6.45, 7) is 0. The lowest BCUT2D eigenvalue weighted by atomic mass is 9.62. The Morgan fingerprint density at radius 1 is 0.246 bits per heavy atom. The maximum atomic E-state index is 6.82. The summed E-state index contributed by atoms with van der Waals surface area (Å²) in [5.74, 6) is 12.3. The van der Waals surface area contributed by atoms with Gasteiger partial charge in [-0.1, -0.05) is 103 Å². The zero-order valence-corrected chi connectivity index (χ0v) is 36.9. The van der Waals surface area contributed by atoms with Gasteiger partial charge in [0.1, 0.15) is 0 Å². The van der Waals surface area contributed by atoms with E-state index in [1.807, 2.05) is 0 Å². The molecule has 320 valence electrons. The van der Waals surface area contributed by atoms with Crippen LogP contribution >= 0.6 is 0 Å². The van der Waals surface area contributed by atoms with E-state index in [9.17, 15) is 0 Å². The van der Waals surface area contributed by atoms with Gasteiger partial charge in [0.25, 0.3) is 0 Å². The van der Waals surface area contributed by atoms with Crippen molar-refractivity contribution in [3.05, 3.63) is 0 Å². The molecule has 0 amide bonds. The lowest BCUT2D eigenvalue weighted by molar-refractivity contribution is -0.0196. The predicted octanol–water partition coefficient (Wildman–Crippen LogP) is 13.4. The Morgan fingerprint density at radius 3 is 1.32 bits per heavy atom. The maximum Gasteiger partial charge on any atom is 0.0612 e. The van der Waals surface area contributed by atoms with Gasteiger partial charge in [-0.25, -0.2) is 0 Å². The van der Waals surface area contributed by atoms with Crippen LogP contribution in [0.5, 0.6) is 0 Å². The molecule has 0 radical (unpaired) electrons. The molecule has 57 heavy (non-hydrogen) atoms. The molecule has 0 bridgehead atoms. The van der Waals surface area contributed by atoms with Crippen molar-refractivity contribution in [3.8, 4) is 0 Å². The van der Waals surface area contributed by atoms with Crippen molar-refractivity contribution >= 4 is 0 Å². The molecule has 12 aliphatic rings. The van der Waals surface area contributed by atoms with Crippen LogP contribution in [0.25, 0.3) is 0 Å². The molecule has 3 saturated heterocycles. The monoisotopic (exact) mass is 781 g/mol. The molecule has 3 nitrogen and oxygen atoms in total. The number of hydrogen-bond acceptors (Lipinski definition) is 3. The fraction of sp³-hybridized carbons (Fsp3) is 1.00. The average molecular weight is 781 g/mol. The van der Waals surface area contributed by atoms with Gasteiger partial charge in [0.15, 0.2) is 0 Å². The molecule has 9 aliphatic carbocycles. The van der Waals surface area contributed by atoms with Gasteiger partial charge in [-0.3, -0.25) is 9.80 Å². The summed E-state index contributed by atoms with van der Waals surface area (Å²) in [5, 5.41) is 0. The summed E-state index contributed by atoms with van der Waals surface area (Å²) in [6.07, 6.45) is 53.6. The van der Waals surface area contributed by atoms with E-state index in [0.29, 0.717) is 12.2 Å². The Balaban J connectivity index is 0.750. The molecule has 12 rings (SSSR count). The zero-order chi connectivity index (χ0) is 37.5. The number of rotatable bonds is 5. The normalized spacial score (nSPS) is 52.6. The topological polar surface area (TPSA) is 15.7 Å². The predicted molar refractivity (Wildman–Crippen MR) is 234 cm³/mol. The van der Waals surface area contributed by atoms with Crippen LogP contribution in [0.4, 0.5) is 0 Å². The van der Waals surface area contributed by atoms with Crippen molar-refractivity contribution < 1.29 is 4.74 Å².